The first-order valence-corrected chi connectivity index (χ1v) is 12.8. The van der Waals surface area contributed by atoms with Crippen LogP contribution in [-0.4, -0.2) is 55.9 Å². The van der Waals surface area contributed by atoms with Crippen LogP contribution in [0.3, 0.4) is 0 Å². The van der Waals surface area contributed by atoms with Crippen molar-refractivity contribution in [1.29, 1.82) is 0 Å². The van der Waals surface area contributed by atoms with E-state index in [1.165, 1.54) is 25.0 Å². The van der Waals surface area contributed by atoms with Gasteiger partial charge in [0.05, 0.1) is 9.82 Å². The molecule has 2 aliphatic rings. The quantitative estimate of drug-likeness (QED) is 0.526. The molecule has 9 nitrogen and oxygen atoms in total. The first kappa shape index (κ1) is 24.4. The van der Waals surface area contributed by atoms with Crippen molar-refractivity contribution < 1.29 is 18.1 Å². The number of sulfonamides is 1. The number of carbonyl (C=O) groups is 1. The Bertz CT molecular complexity index is 942. The average Bonchev–Trinajstić information content (AvgIpc) is 3.01. The van der Waals surface area contributed by atoms with Gasteiger partial charge in [-0.25, -0.2) is 13.1 Å². The molecular formula is C22H34N4O5S. The standard InChI is InChI=1S/C22H34N4O5S/c1-22(2,3)23-32(30,31)18-8-9-19(20(16-18)26(28)29)24-14-10-17(11-15-24)21(27)25-12-6-4-5-7-13-25/h8-9,16-17,23H,4-7,10-15H2,1-3H3. The summed E-state index contributed by atoms with van der Waals surface area (Å²) in [5, 5.41) is 11.7. The molecule has 0 aromatic heterocycles. The number of nitrogens with zero attached hydrogens (tertiary/aromatic N) is 3. The normalized spacial score (nSPS) is 19.0. The number of benzene rings is 1. The highest BCUT2D eigenvalue weighted by Crippen LogP contribution is 2.34. The van der Waals surface area contributed by atoms with Crippen molar-refractivity contribution in [2.24, 2.45) is 5.92 Å². The zero-order valence-electron chi connectivity index (χ0n) is 19.2. The van der Waals surface area contributed by atoms with E-state index >= 15 is 0 Å². The van der Waals surface area contributed by atoms with Crippen LogP contribution >= 0.6 is 0 Å². The lowest BCUT2D eigenvalue weighted by Crippen LogP contribution is -2.43. The highest BCUT2D eigenvalue weighted by molar-refractivity contribution is 7.89. The minimum Gasteiger partial charge on any atom is -0.366 e. The predicted molar refractivity (Wildman–Crippen MR) is 123 cm³/mol. The van der Waals surface area contributed by atoms with E-state index in [9.17, 15) is 23.3 Å². The van der Waals surface area contributed by atoms with Crippen molar-refractivity contribution in [2.45, 2.75) is 69.7 Å². The van der Waals surface area contributed by atoms with Crippen LogP contribution < -0.4 is 9.62 Å². The number of nitrogens with one attached hydrogen (secondary N) is 1. The summed E-state index contributed by atoms with van der Waals surface area (Å²) < 4.78 is 27.8. The average molecular weight is 467 g/mol. The number of hydrogen-bond acceptors (Lipinski definition) is 6. The number of hydrogen-bond donors (Lipinski definition) is 1. The molecule has 2 heterocycles. The lowest BCUT2D eigenvalue weighted by atomic mass is 9.94. The Hall–Kier alpha value is -2.20. The molecule has 1 N–H and O–H groups in total. The fraction of sp³-hybridized carbons (Fsp3) is 0.682. The van der Waals surface area contributed by atoms with Gasteiger partial charge in [-0.15, -0.1) is 0 Å². The van der Waals surface area contributed by atoms with Gasteiger partial charge in [0.1, 0.15) is 5.69 Å². The molecule has 0 bridgehead atoms. The van der Waals surface area contributed by atoms with Crippen LogP contribution in [0.4, 0.5) is 11.4 Å². The zero-order valence-corrected chi connectivity index (χ0v) is 20.0. The van der Waals surface area contributed by atoms with Crippen molar-refractivity contribution in [2.75, 3.05) is 31.1 Å². The Kier molecular flexibility index (Phi) is 7.44. The highest BCUT2D eigenvalue weighted by Gasteiger charge is 2.32. The first-order valence-electron chi connectivity index (χ1n) is 11.3. The summed E-state index contributed by atoms with van der Waals surface area (Å²) in [4.78, 5) is 27.9. The number of carbonyl (C=O) groups excluding carboxylic acids is 1. The fourth-order valence-corrected chi connectivity index (χ4v) is 5.90. The van der Waals surface area contributed by atoms with Crippen LogP contribution in [0, 0.1) is 16.0 Å². The number of rotatable bonds is 5. The van der Waals surface area contributed by atoms with Crippen LogP contribution in [0.1, 0.15) is 59.3 Å². The molecule has 3 rings (SSSR count). The molecule has 1 aromatic carbocycles. The molecule has 0 radical (unpaired) electrons. The third-order valence-corrected chi connectivity index (χ3v) is 7.75. The van der Waals surface area contributed by atoms with Gasteiger partial charge < -0.3 is 9.80 Å². The summed E-state index contributed by atoms with van der Waals surface area (Å²) in [6.45, 7) is 7.83. The Labute approximate surface area is 190 Å². The molecule has 1 aromatic rings. The number of likely N-dealkylation sites (tertiary alicyclic amines) is 1. The van der Waals surface area contributed by atoms with Crippen molar-refractivity contribution in [3.8, 4) is 0 Å². The maximum Gasteiger partial charge on any atom is 0.293 e. The summed E-state index contributed by atoms with van der Waals surface area (Å²) in [6.07, 6.45) is 5.72. The number of anilines is 1. The van der Waals surface area contributed by atoms with E-state index in [1.807, 2.05) is 9.80 Å². The van der Waals surface area contributed by atoms with Crippen LogP contribution in [0.2, 0.25) is 0 Å². The van der Waals surface area contributed by atoms with Crippen LogP contribution in [0.15, 0.2) is 23.1 Å². The molecule has 0 spiro atoms. The summed E-state index contributed by atoms with van der Waals surface area (Å²) in [5.41, 5.74) is -0.543. The molecule has 178 valence electrons. The highest BCUT2D eigenvalue weighted by atomic mass is 32.2. The van der Waals surface area contributed by atoms with E-state index in [-0.39, 0.29) is 22.4 Å². The largest absolute Gasteiger partial charge is 0.366 e. The Morgan fingerprint density at radius 3 is 2.19 bits per heavy atom. The monoisotopic (exact) mass is 466 g/mol. The molecule has 0 unspecified atom stereocenters. The van der Waals surface area contributed by atoms with E-state index in [0.29, 0.717) is 31.6 Å². The van der Waals surface area contributed by atoms with E-state index in [4.69, 9.17) is 0 Å². The second-order valence-electron chi connectivity index (χ2n) is 9.76. The van der Waals surface area contributed by atoms with Gasteiger partial charge in [0.2, 0.25) is 15.9 Å². The fourth-order valence-electron chi connectivity index (χ4n) is 4.46. The van der Waals surface area contributed by atoms with Gasteiger partial charge in [0.25, 0.3) is 5.69 Å². The number of piperidine rings is 1. The summed E-state index contributed by atoms with van der Waals surface area (Å²) in [7, 11) is -3.88. The van der Waals surface area contributed by atoms with E-state index in [2.05, 4.69) is 4.72 Å². The maximum absolute atomic E-state index is 12.9. The SMILES string of the molecule is CC(C)(C)NS(=O)(=O)c1ccc(N2CCC(C(=O)N3CCCCCC3)CC2)c([N+](=O)[O-])c1. The number of nitro groups is 1. The molecule has 2 saturated heterocycles. The van der Waals surface area contributed by atoms with Crippen molar-refractivity contribution >= 4 is 27.3 Å². The Morgan fingerprint density at radius 2 is 1.66 bits per heavy atom. The molecule has 0 aliphatic carbocycles. The van der Waals surface area contributed by atoms with Crippen molar-refractivity contribution in [3.05, 3.63) is 28.3 Å². The lowest BCUT2D eigenvalue weighted by Gasteiger charge is -2.35. The molecule has 2 aliphatic heterocycles. The lowest BCUT2D eigenvalue weighted by molar-refractivity contribution is -0.384. The molecule has 0 atom stereocenters. The van der Waals surface area contributed by atoms with Crippen LogP contribution in [-0.2, 0) is 14.8 Å². The molecule has 0 saturated carbocycles. The molecular weight excluding hydrogens is 432 g/mol. The maximum atomic E-state index is 12.9. The summed E-state index contributed by atoms with van der Waals surface area (Å²) >= 11 is 0. The minimum absolute atomic E-state index is 0.0564. The van der Waals surface area contributed by atoms with Gasteiger partial charge in [-0.2, -0.15) is 0 Å². The van der Waals surface area contributed by atoms with E-state index < -0.39 is 20.5 Å². The van der Waals surface area contributed by atoms with Gasteiger partial charge in [0, 0.05) is 43.7 Å². The number of amides is 1. The number of nitro benzene ring substituents is 1. The van der Waals surface area contributed by atoms with Gasteiger partial charge in [-0.3, -0.25) is 14.9 Å². The first-order chi connectivity index (χ1) is 15.0. The third kappa shape index (κ3) is 5.98. The Balaban J connectivity index is 1.73. The third-order valence-electron chi connectivity index (χ3n) is 6.00. The van der Waals surface area contributed by atoms with Crippen molar-refractivity contribution in [3.63, 3.8) is 0 Å². The summed E-state index contributed by atoms with van der Waals surface area (Å²) in [5.74, 6) is 0.148. The van der Waals surface area contributed by atoms with Gasteiger partial charge >= 0.3 is 0 Å². The topological polar surface area (TPSA) is 113 Å². The predicted octanol–water partition coefficient (Wildman–Crippen LogP) is 3.29. The molecule has 1 amide bonds. The molecule has 2 fully saturated rings. The van der Waals surface area contributed by atoms with Gasteiger partial charge in [-0.1, -0.05) is 12.8 Å². The van der Waals surface area contributed by atoms with Crippen LogP contribution in [0.25, 0.3) is 0 Å². The second kappa shape index (κ2) is 9.74. The molecule has 32 heavy (non-hydrogen) atoms. The smallest absolute Gasteiger partial charge is 0.293 e. The van der Waals surface area contributed by atoms with E-state index in [0.717, 1.165) is 32.0 Å². The van der Waals surface area contributed by atoms with Gasteiger partial charge in [-0.05, 0) is 58.6 Å². The van der Waals surface area contributed by atoms with E-state index in [1.54, 1.807) is 20.8 Å². The van der Waals surface area contributed by atoms with Crippen molar-refractivity contribution in [1.82, 2.24) is 9.62 Å². The summed E-state index contributed by atoms with van der Waals surface area (Å²) in [6, 6.07) is 4.04. The minimum atomic E-state index is -3.88. The Morgan fingerprint density at radius 1 is 1.06 bits per heavy atom. The second-order valence-corrected chi connectivity index (χ2v) is 11.4. The van der Waals surface area contributed by atoms with Crippen LogP contribution in [0.5, 0.6) is 0 Å². The molecule has 10 heteroatoms. The zero-order chi connectivity index (χ0) is 23.5. The van der Waals surface area contributed by atoms with Gasteiger partial charge in [0.15, 0.2) is 0 Å².